The minimum absolute atomic E-state index is 0.0730. The fourth-order valence-corrected chi connectivity index (χ4v) is 3.82. The van der Waals surface area contributed by atoms with Gasteiger partial charge >= 0.3 is 0 Å². The summed E-state index contributed by atoms with van der Waals surface area (Å²) in [7, 11) is -3.35. The maximum atomic E-state index is 12.4. The molecule has 1 aliphatic rings. The third-order valence-corrected chi connectivity index (χ3v) is 5.92. The Morgan fingerprint density at radius 1 is 1.25 bits per heavy atom. The van der Waals surface area contributed by atoms with Gasteiger partial charge in [0.25, 0.3) is 10.2 Å². The molecule has 5 nitrogen and oxygen atoms in total. The van der Waals surface area contributed by atoms with Crippen molar-refractivity contribution in [2.45, 2.75) is 53.5 Å². The van der Waals surface area contributed by atoms with E-state index in [4.69, 9.17) is 0 Å². The molecular weight excluding hydrogens is 274 g/mol. The highest BCUT2D eigenvalue weighted by molar-refractivity contribution is 7.87. The van der Waals surface area contributed by atoms with E-state index in [2.05, 4.69) is 17.0 Å². The fourth-order valence-electron chi connectivity index (χ4n) is 2.18. The third-order valence-electron chi connectivity index (χ3n) is 4.22. The van der Waals surface area contributed by atoms with Gasteiger partial charge in [0.1, 0.15) is 0 Å². The van der Waals surface area contributed by atoms with Gasteiger partial charge in [-0.05, 0) is 44.2 Å². The Bertz CT molecular complexity index is 382. The first kappa shape index (κ1) is 17.9. The monoisotopic (exact) mass is 305 g/mol. The van der Waals surface area contributed by atoms with Crippen molar-refractivity contribution in [3.8, 4) is 0 Å². The van der Waals surface area contributed by atoms with Crippen LogP contribution in [0.2, 0.25) is 0 Å². The number of nitrogens with one attached hydrogen (secondary N) is 2. The first-order valence-electron chi connectivity index (χ1n) is 7.65. The lowest BCUT2D eigenvalue weighted by molar-refractivity contribution is 0.257. The Labute approximate surface area is 124 Å². The van der Waals surface area contributed by atoms with Gasteiger partial charge in [-0.2, -0.15) is 17.4 Å². The Kier molecular flexibility index (Phi) is 6.44. The number of nitrogens with zero attached hydrogens (tertiary/aromatic N) is 1. The molecule has 0 saturated carbocycles. The Morgan fingerprint density at radius 2 is 1.80 bits per heavy atom. The minimum Gasteiger partial charge on any atom is -0.317 e. The maximum Gasteiger partial charge on any atom is 0.279 e. The normalized spacial score (nSPS) is 21.1. The van der Waals surface area contributed by atoms with E-state index in [-0.39, 0.29) is 11.5 Å². The molecule has 6 heteroatoms. The summed E-state index contributed by atoms with van der Waals surface area (Å²) < 4.78 is 29.1. The van der Waals surface area contributed by atoms with Gasteiger partial charge in [0.05, 0.1) is 0 Å². The van der Waals surface area contributed by atoms with E-state index >= 15 is 0 Å². The van der Waals surface area contributed by atoms with Crippen LogP contribution in [0.1, 0.15) is 47.5 Å². The van der Waals surface area contributed by atoms with Crippen molar-refractivity contribution in [2.24, 2.45) is 11.3 Å². The highest BCUT2D eigenvalue weighted by Crippen LogP contribution is 2.22. The van der Waals surface area contributed by atoms with Crippen LogP contribution in [0.5, 0.6) is 0 Å². The Balaban J connectivity index is 2.51. The lowest BCUT2D eigenvalue weighted by atomic mass is 9.89. The summed E-state index contributed by atoms with van der Waals surface area (Å²) >= 11 is 0. The van der Waals surface area contributed by atoms with Crippen LogP contribution < -0.4 is 10.0 Å². The van der Waals surface area contributed by atoms with Gasteiger partial charge in [-0.25, -0.2) is 0 Å². The van der Waals surface area contributed by atoms with E-state index in [9.17, 15) is 8.42 Å². The van der Waals surface area contributed by atoms with Crippen molar-refractivity contribution < 1.29 is 8.42 Å². The van der Waals surface area contributed by atoms with Gasteiger partial charge in [-0.1, -0.05) is 27.7 Å². The molecule has 0 radical (unpaired) electrons. The first-order valence-corrected chi connectivity index (χ1v) is 9.09. The molecule has 1 aliphatic heterocycles. The second-order valence-corrected chi connectivity index (χ2v) is 8.56. The van der Waals surface area contributed by atoms with Gasteiger partial charge in [0.15, 0.2) is 0 Å². The van der Waals surface area contributed by atoms with Gasteiger partial charge in [0.2, 0.25) is 0 Å². The first-order chi connectivity index (χ1) is 9.16. The van der Waals surface area contributed by atoms with Crippen LogP contribution in [0, 0.1) is 11.3 Å². The van der Waals surface area contributed by atoms with E-state index in [1.165, 1.54) is 0 Å². The van der Waals surface area contributed by atoms with Gasteiger partial charge in [-0.3, -0.25) is 0 Å². The quantitative estimate of drug-likeness (QED) is 0.783. The Morgan fingerprint density at radius 3 is 2.25 bits per heavy atom. The molecule has 1 rings (SSSR count). The lowest BCUT2D eigenvalue weighted by Crippen LogP contribution is -2.51. The zero-order chi connectivity index (χ0) is 15.4. The summed E-state index contributed by atoms with van der Waals surface area (Å²) in [6.45, 7) is 13.4. The van der Waals surface area contributed by atoms with Crippen LogP contribution in [0.25, 0.3) is 0 Å². The topological polar surface area (TPSA) is 61.4 Å². The zero-order valence-corrected chi connectivity index (χ0v) is 14.4. The van der Waals surface area contributed by atoms with Gasteiger partial charge in [-0.15, -0.1) is 0 Å². The molecule has 1 heterocycles. The molecule has 0 aromatic rings. The molecule has 0 aromatic heterocycles. The predicted octanol–water partition coefficient (Wildman–Crippen LogP) is 1.58. The molecule has 1 unspecified atom stereocenters. The molecule has 120 valence electrons. The second-order valence-electron chi connectivity index (χ2n) is 6.86. The Hall–Kier alpha value is -0.170. The largest absolute Gasteiger partial charge is 0.317 e. The molecule has 20 heavy (non-hydrogen) atoms. The van der Waals surface area contributed by atoms with Crippen molar-refractivity contribution >= 4 is 10.2 Å². The molecular formula is C14H31N3O2S. The van der Waals surface area contributed by atoms with E-state index in [0.29, 0.717) is 19.0 Å². The smallest absolute Gasteiger partial charge is 0.279 e. The highest BCUT2D eigenvalue weighted by Gasteiger charge is 2.31. The number of rotatable bonds is 6. The van der Waals surface area contributed by atoms with Crippen LogP contribution in [-0.2, 0) is 10.2 Å². The summed E-state index contributed by atoms with van der Waals surface area (Å²) in [4.78, 5) is 0. The third kappa shape index (κ3) is 5.31. The van der Waals surface area contributed by atoms with Crippen LogP contribution >= 0.6 is 0 Å². The van der Waals surface area contributed by atoms with Crippen LogP contribution in [-0.4, -0.2) is 44.9 Å². The lowest BCUT2D eigenvalue weighted by Gasteiger charge is -2.34. The molecule has 1 saturated heterocycles. The number of hydrogen-bond acceptors (Lipinski definition) is 3. The summed E-state index contributed by atoms with van der Waals surface area (Å²) in [5.74, 6) is 0.599. The molecule has 0 bridgehead atoms. The molecule has 0 amide bonds. The molecule has 2 N–H and O–H groups in total. The van der Waals surface area contributed by atoms with Gasteiger partial charge < -0.3 is 5.32 Å². The van der Waals surface area contributed by atoms with Crippen molar-refractivity contribution in [1.29, 1.82) is 0 Å². The highest BCUT2D eigenvalue weighted by atomic mass is 32.2. The number of piperidine rings is 1. The van der Waals surface area contributed by atoms with Crippen molar-refractivity contribution in [1.82, 2.24) is 14.3 Å². The number of hydrogen-bond donors (Lipinski definition) is 2. The molecule has 1 atom stereocenters. The average molecular weight is 305 g/mol. The van der Waals surface area contributed by atoms with E-state index in [1.54, 1.807) is 4.31 Å². The molecule has 0 aromatic carbocycles. The summed E-state index contributed by atoms with van der Waals surface area (Å²) in [5.41, 5.74) is -0.0730. The summed E-state index contributed by atoms with van der Waals surface area (Å²) in [6.07, 6.45) is 1.88. The van der Waals surface area contributed by atoms with E-state index in [1.807, 2.05) is 27.7 Å². The minimum atomic E-state index is -3.35. The van der Waals surface area contributed by atoms with E-state index in [0.717, 1.165) is 25.9 Å². The molecule has 0 aliphatic carbocycles. The van der Waals surface area contributed by atoms with Crippen molar-refractivity contribution in [3.05, 3.63) is 0 Å². The van der Waals surface area contributed by atoms with Crippen LogP contribution in [0.4, 0.5) is 0 Å². The van der Waals surface area contributed by atoms with Crippen LogP contribution in [0.3, 0.4) is 0 Å². The van der Waals surface area contributed by atoms with Gasteiger partial charge in [0, 0.05) is 19.1 Å². The van der Waals surface area contributed by atoms with Crippen LogP contribution in [0.15, 0.2) is 0 Å². The average Bonchev–Trinajstić information content (AvgIpc) is 2.35. The summed E-state index contributed by atoms with van der Waals surface area (Å²) in [6, 6.07) is -0.0769. The van der Waals surface area contributed by atoms with E-state index < -0.39 is 10.2 Å². The zero-order valence-electron chi connectivity index (χ0n) is 13.6. The second kappa shape index (κ2) is 7.20. The predicted molar refractivity (Wildman–Crippen MR) is 83.8 cm³/mol. The fraction of sp³-hybridized carbons (Fsp3) is 1.00. The van der Waals surface area contributed by atoms with Crippen molar-refractivity contribution in [2.75, 3.05) is 26.2 Å². The molecule has 0 spiro atoms. The van der Waals surface area contributed by atoms with Crippen molar-refractivity contribution in [3.63, 3.8) is 0 Å². The molecule has 1 fully saturated rings. The SMILES string of the molecule is CCNCC1CCN(S(=O)(=O)NC(C)C(C)(C)C)CC1. The summed E-state index contributed by atoms with van der Waals surface area (Å²) in [5, 5.41) is 3.34. The standard InChI is InChI=1S/C14H31N3O2S/c1-6-15-11-13-7-9-17(10-8-13)20(18,19)16-12(2)14(3,4)5/h12-13,15-16H,6-11H2,1-5H3. The maximum absolute atomic E-state index is 12.4.